The van der Waals surface area contributed by atoms with Gasteiger partial charge in [-0.3, -0.25) is 4.79 Å². The number of imidazole rings is 1. The third-order valence-electron chi connectivity index (χ3n) is 5.49. The van der Waals surface area contributed by atoms with E-state index in [0.717, 1.165) is 56.8 Å². The van der Waals surface area contributed by atoms with Crippen molar-refractivity contribution in [2.45, 2.75) is 45.1 Å². The fourth-order valence-electron chi connectivity index (χ4n) is 3.92. The fraction of sp³-hybridized carbons (Fsp3) is 0.545. The number of carbonyl (C=O) groups is 1. The van der Waals surface area contributed by atoms with Gasteiger partial charge < -0.3 is 14.4 Å². The molecule has 0 radical (unpaired) electrons. The van der Waals surface area contributed by atoms with Gasteiger partial charge in [0.15, 0.2) is 0 Å². The summed E-state index contributed by atoms with van der Waals surface area (Å²) in [5, 5.41) is 0. The largest absolute Gasteiger partial charge is 0.342 e. The van der Waals surface area contributed by atoms with Crippen LogP contribution in [0.2, 0.25) is 0 Å². The molecular formula is C22H32N4O. The molecule has 0 aliphatic carbocycles. The third kappa shape index (κ3) is 5.19. The van der Waals surface area contributed by atoms with Crippen LogP contribution in [0.3, 0.4) is 0 Å². The predicted octanol–water partition coefficient (Wildman–Crippen LogP) is 3.09. The Morgan fingerprint density at radius 2 is 2.11 bits per heavy atom. The normalized spacial score (nSPS) is 17.5. The van der Waals surface area contributed by atoms with E-state index in [4.69, 9.17) is 0 Å². The molecular weight excluding hydrogens is 336 g/mol. The minimum absolute atomic E-state index is 0.236. The van der Waals surface area contributed by atoms with Crippen molar-refractivity contribution >= 4 is 5.91 Å². The summed E-state index contributed by atoms with van der Waals surface area (Å²) in [6, 6.07) is 8.17. The van der Waals surface area contributed by atoms with E-state index in [2.05, 4.69) is 53.8 Å². The van der Waals surface area contributed by atoms with Crippen LogP contribution in [0.25, 0.3) is 0 Å². The fourth-order valence-corrected chi connectivity index (χ4v) is 3.92. The number of carbonyl (C=O) groups excluding carboxylic acids is 1. The van der Waals surface area contributed by atoms with Gasteiger partial charge in [-0.15, -0.1) is 0 Å². The van der Waals surface area contributed by atoms with Gasteiger partial charge in [-0.1, -0.05) is 24.3 Å². The summed E-state index contributed by atoms with van der Waals surface area (Å²) in [5.41, 5.74) is 2.32. The lowest BCUT2D eigenvalue weighted by atomic mass is 9.96. The molecule has 1 fully saturated rings. The van der Waals surface area contributed by atoms with E-state index < -0.39 is 0 Å². The van der Waals surface area contributed by atoms with Crippen LogP contribution in [0.5, 0.6) is 0 Å². The molecule has 0 spiro atoms. The zero-order valence-electron chi connectivity index (χ0n) is 16.9. The van der Waals surface area contributed by atoms with Crippen LogP contribution >= 0.6 is 0 Å². The smallest absolute Gasteiger partial charge is 0.227 e. The number of amides is 1. The lowest BCUT2D eigenvalue weighted by Crippen LogP contribution is -2.40. The molecule has 2 aromatic rings. The van der Waals surface area contributed by atoms with E-state index >= 15 is 0 Å². The summed E-state index contributed by atoms with van der Waals surface area (Å²) >= 11 is 0. The molecule has 1 aromatic carbocycles. The number of benzene rings is 1. The molecule has 0 N–H and O–H groups in total. The minimum atomic E-state index is 0.236. The van der Waals surface area contributed by atoms with E-state index in [0.29, 0.717) is 12.3 Å². The summed E-state index contributed by atoms with van der Waals surface area (Å²) in [6.07, 6.45) is 7.75. The highest BCUT2D eigenvalue weighted by molar-refractivity contribution is 5.79. The Balaban J connectivity index is 1.62. The van der Waals surface area contributed by atoms with Crippen molar-refractivity contribution in [3.63, 3.8) is 0 Å². The quantitative estimate of drug-likeness (QED) is 0.754. The molecule has 0 saturated carbocycles. The zero-order chi connectivity index (χ0) is 19.2. The van der Waals surface area contributed by atoms with Gasteiger partial charge in [-0.05, 0) is 58.0 Å². The Hall–Kier alpha value is -2.14. The molecule has 1 amide bonds. The van der Waals surface area contributed by atoms with Crippen LogP contribution in [-0.2, 0) is 17.8 Å². The molecule has 5 heteroatoms. The molecule has 1 saturated heterocycles. The second kappa shape index (κ2) is 9.18. The summed E-state index contributed by atoms with van der Waals surface area (Å²) in [4.78, 5) is 21.8. The van der Waals surface area contributed by atoms with Crippen LogP contribution in [0.15, 0.2) is 36.7 Å². The van der Waals surface area contributed by atoms with E-state index in [1.165, 1.54) is 5.56 Å². The molecule has 3 rings (SSSR count). The van der Waals surface area contributed by atoms with Crippen molar-refractivity contribution < 1.29 is 4.79 Å². The van der Waals surface area contributed by atoms with Gasteiger partial charge in [-0.2, -0.15) is 0 Å². The zero-order valence-corrected chi connectivity index (χ0v) is 16.9. The van der Waals surface area contributed by atoms with Crippen molar-refractivity contribution in [1.82, 2.24) is 19.4 Å². The molecule has 1 unspecified atom stereocenters. The first kappa shape index (κ1) is 19.6. The van der Waals surface area contributed by atoms with Gasteiger partial charge in [-0.25, -0.2) is 4.98 Å². The molecule has 5 nitrogen and oxygen atoms in total. The topological polar surface area (TPSA) is 41.4 Å². The SMILES string of the molecule is Cc1ccccc1CC(=O)N1CCCC(c2nccn2CCCN(C)C)C1. The van der Waals surface area contributed by atoms with Crippen molar-refractivity contribution in [2.75, 3.05) is 33.7 Å². The molecule has 2 heterocycles. The second-order valence-electron chi connectivity index (χ2n) is 7.92. The Labute approximate surface area is 163 Å². The molecule has 0 bridgehead atoms. The number of aromatic nitrogens is 2. The number of piperidine rings is 1. The first-order chi connectivity index (χ1) is 13.0. The van der Waals surface area contributed by atoms with Gasteiger partial charge >= 0.3 is 0 Å². The highest BCUT2D eigenvalue weighted by Crippen LogP contribution is 2.26. The molecule has 1 aliphatic rings. The van der Waals surface area contributed by atoms with Crippen molar-refractivity contribution in [3.05, 3.63) is 53.6 Å². The lowest BCUT2D eigenvalue weighted by Gasteiger charge is -2.33. The van der Waals surface area contributed by atoms with Gasteiger partial charge in [0.25, 0.3) is 0 Å². The summed E-state index contributed by atoms with van der Waals surface area (Å²) in [5.74, 6) is 1.72. The van der Waals surface area contributed by atoms with Gasteiger partial charge in [0.2, 0.25) is 5.91 Å². The minimum Gasteiger partial charge on any atom is -0.342 e. The van der Waals surface area contributed by atoms with Crippen LogP contribution in [0, 0.1) is 6.92 Å². The summed E-state index contributed by atoms with van der Waals surface area (Å²) in [7, 11) is 4.21. The number of hydrogen-bond acceptors (Lipinski definition) is 3. The first-order valence-electron chi connectivity index (χ1n) is 10.0. The standard InChI is InChI=1S/C22H32N4O/c1-18-8-4-5-9-19(18)16-21(27)26-13-6-10-20(17-26)22-23-11-15-25(22)14-7-12-24(2)3/h4-5,8-9,11,15,20H,6-7,10,12-14,16-17H2,1-3H3. The molecule has 1 aromatic heterocycles. The van der Waals surface area contributed by atoms with Crippen molar-refractivity contribution in [2.24, 2.45) is 0 Å². The van der Waals surface area contributed by atoms with Crippen LogP contribution < -0.4 is 0 Å². The predicted molar refractivity (Wildman–Crippen MR) is 109 cm³/mol. The number of rotatable bonds is 7. The Morgan fingerprint density at radius 3 is 2.89 bits per heavy atom. The monoisotopic (exact) mass is 368 g/mol. The number of likely N-dealkylation sites (tertiary alicyclic amines) is 1. The highest BCUT2D eigenvalue weighted by atomic mass is 16.2. The van der Waals surface area contributed by atoms with Gasteiger partial charge in [0.05, 0.1) is 6.42 Å². The number of nitrogens with zero attached hydrogens (tertiary/aromatic N) is 4. The van der Waals surface area contributed by atoms with Crippen LogP contribution in [-0.4, -0.2) is 59.0 Å². The van der Waals surface area contributed by atoms with E-state index in [9.17, 15) is 4.79 Å². The molecule has 1 atom stereocenters. The Bertz CT molecular complexity index is 752. The average molecular weight is 369 g/mol. The van der Waals surface area contributed by atoms with E-state index in [1.54, 1.807) is 0 Å². The van der Waals surface area contributed by atoms with Crippen LogP contribution in [0.4, 0.5) is 0 Å². The van der Waals surface area contributed by atoms with Crippen molar-refractivity contribution in [3.8, 4) is 0 Å². The van der Waals surface area contributed by atoms with Crippen molar-refractivity contribution in [1.29, 1.82) is 0 Å². The van der Waals surface area contributed by atoms with E-state index in [-0.39, 0.29) is 5.91 Å². The van der Waals surface area contributed by atoms with Crippen LogP contribution in [0.1, 0.15) is 42.1 Å². The molecule has 146 valence electrons. The Kier molecular flexibility index (Phi) is 6.67. The molecule has 27 heavy (non-hydrogen) atoms. The number of hydrogen-bond donors (Lipinski definition) is 0. The highest BCUT2D eigenvalue weighted by Gasteiger charge is 2.27. The first-order valence-corrected chi connectivity index (χ1v) is 10.0. The maximum absolute atomic E-state index is 12.9. The summed E-state index contributed by atoms with van der Waals surface area (Å²) < 4.78 is 2.28. The van der Waals surface area contributed by atoms with E-state index in [1.807, 2.05) is 23.2 Å². The van der Waals surface area contributed by atoms with Gasteiger partial charge in [0.1, 0.15) is 5.82 Å². The lowest BCUT2D eigenvalue weighted by molar-refractivity contribution is -0.131. The summed E-state index contributed by atoms with van der Waals surface area (Å²) in [6.45, 7) is 5.79. The molecule has 1 aliphatic heterocycles. The maximum Gasteiger partial charge on any atom is 0.227 e. The third-order valence-corrected chi connectivity index (χ3v) is 5.49. The number of aryl methyl sites for hydroxylation is 2. The van der Waals surface area contributed by atoms with Gasteiger partial charge in [0, 0.05) is 37.9 Å². The average Bonchev–Trinajstić information content (AvgIpc) is 3.12. The Morgan fingerprint density at radius 1 is 1.30 bits per heavy atom. The maximum atomic E-state index is 12.9. The second-order valence-corrected chi connectivity index (χ2v) is 7.92.